The smallest absolute Gasteiger partial charge is 0.257 e. The summed E-state index contributed by atoms with van der Waals surface area (Å²) in [6, 6.07) is 5.90. The second-order valence-electron chi connectivity index (χ2n) is 3.92. The molecule has 0 fully saturated rings. The van der Waals surface area contributed by atoms with Gasteiger partial charge in [-0.25, -0.2) is 4.68 Å². The van der Waals surface area contributed by atoms with Crippen LogP contribution in [0, 0.1) is 0 Å². The molecular weight excluding hydrogens is 274 g/mol. The Kier molecular flexibility index (Phi) is 3.55. The molecule has 0 aliphatic carbocycles. The minimum atomic E-state index is 0.475. The number of nitrogens with zero attached hydrogens (tertiary/aromatic N) is 5. The summed E-state index contributed by atoms with van der Waals surface area (Å²) in [7, 11) is 1.77. The number of rotatable bonds is 5. The zero-order valence-electron chi connectivity index (χ0n) is 10.8. The number of aromatic nitrogens is 5. The summed E-state index contributed by atoms with van der Waals surface area (Å²) >= 11 is 1.69. The van der Waals surface area contributed by atoms with Gasteiger partial charge in [-0.3, -0.25) is 0 Å². The van der Waals surface area contributed by atoms with E-state index in [1.807, 2.05) is 17.5 Å². The van der Waals surface area contributed by atoms with Crippen LogP contribution in [0.15, 0.2) is 36.0 Å². The van der Waals surface area contributed by atoms with Gasteiger partial charge in [0.15, 0.2) is 0 Å². The van der Waals surface area contributed by atoms with E-state index in [2.05, 4.69) is 36.8 Å². The fourth-order valence-electron chi connectivity index (χ4n) is 1.62. The standard InChI is InChI=1S/C12H13N7S/c1-13-10-16-11(14-8-9-4-2-7-20-9)18-12(17-10)19-6-3-5-15-19/h2-7H,8H2,1H3,(H2,13,14,16,17,18). The van der Waals surface area contributed by atoms with Crippen LogP contribution < -0.4 is 10.6 Å². The SMILES string of the molecule is CNc1nc(NCc2cccs2)nc(-n2cccn2)n1. The third kappa shape index (κ3) is 2.75. The van der Waals surface area contributed by atoms with E-state index >= 15 is 0 Å². The molecule has 0 aliphatic heterocycles. The summed E-state index contributed by atoms with van der Waals surface area (Å²) in [5.74, 6) is 1.49. The molecule has 7 nitrogen and oxygen atoms in total. The number of hydrogen-bond donors (Lipinski definition) is 2. The fraction of sp³-hybridized carbons (Fsp3) is 0.167. The molecule has 20 heavy (non-hydrogen) atoms. The van der Waals surface area contributed by atoms with Crippen molar-refractivity contribution in [2.24, 2.45) is 0 Å². The van der Waals surface area contributed by atoms with E-state index in [0.29, 0.717) is 24.4 Å². The Balaban J connectivity index is 1.84. The average molecular weight is 287 g/mol. The molecule has 3 rings (SSSR count). The highest BCUT2D eigenvalue weighted by molar-refractivity contribution is 7.09. The zero-order chi connectivity index (χ0) is 13.8. The lowest BCUT2D eigenvalue weighted by Crippen LogP contribution is -2.11. The molecule has 0 saturated carbocycles. The lowest BCUT2D eigenvalue weighted by molar-refractivity contribution is 0.797. The molecule has 0 bridgehead atoms. The third-order valence-corrected chi connectivity index (χ3v) is 3.43. The predicted molar refractivity (Wildman–Crippen MR) is 78.1 cm³/mol. The van der Waals surface area contributed by atoms with Gasteiger partial charge < -0.3 is 10.6 Å². The molecule has 3 aromatic heterocycles. The second-order valence-corrected chi connectivity index (χ2v) is 4.95. The van der Waals surface area contributed by atoms with Gasteiger partial charge in [0.05, 0.1) is 6.54 Å². The first kappa shape index (κ1) is 12.5. The van der Waals surface area contributed by atoms with E-state index in [1.54, 1.807) is 35.5 Å². The quantitative estimate of drug-likeness (QED) is 0.744. The van der Waals surface area contributed by atoms with Crippen molar-refractivity contribution in [1.29, 1.82) is 0 Å². The van der Waals surface area contributed by atoms with Gasteiger partial charge in [-0.05, 0) is 17.5 Å². The Morgan fingerprint density at radius 3 is 2.80 bits per heavy atom. The monoisotopic (exact) mass is 287 g/mol. The van der Waals surface area contributed by atoms with Crippen molar-refractivity contribution in [1.82, 2.24) is 24.7 Å². The summed E-state index contributed by atoms with van der Waals surface area (Å²) < 4.78 is 1.60. The van der Waals surface area contributed by atoms with E-state index in [4.69, 9.17) is 0 Å². The number of nitrogens with one attached hydrogen (secondary N) is 2. The zero-order valence-corrected chi connectivity index (χ0v) is 11.6. The molecule has 3 heterocycles. The van der Waals surface area contributed by atoms with Crippen LogP contribution in [-0.2, 0) is 6.54 Å². The van der Waals surface area contributed by atoms with Gasteiger partial charge in [0.25, 0.3) is 5.95 Å². The number of hydrogen-bond acceptors (Lipinski definition) is 7. The van der Waals surface area contributed by atoms with Crippen LogP contribution in [0.25, 0.3) is 5.95 Å². The second kappa shape index (κ2) is 5.66. The number of thiophene rings is 1. The molecule has 102 valence electrons. The largest absolute Gasteiger partial charge is 0.357 e. The highest BCUT2D eigenvalue weighted by Crippen LogP contribution is 2.12. The summed E-state index contributed by atoms with van der Waals surface area (Å²) in [5, 5.41) is 12.3. The van der Waals surface area contributed by atoms with Crippen LogP contribution >= 0.6 is 11.3 Å². The van der Waals surface area contributed by atoms with Gasteiger partial charge in [-0.2, -0.15) is 20.1 Å². The van der Waals surface area contributed by atoms with E-state index in [1.165, 1.54) is 4.88 Å². The minimum Gasteiger partial charge on any atom is -0.357 e. The molecule has 0 atom stereocenters. The number of anilines is 2. The first-order valence-corrected chi connectivity index (χ1v) is 6.93. The Hall–Kier alpha value is -2.48. The molecular formula is C12H13N7S. The predicted octanol–water partition coefficient (Wildman–Crippen LogP) is 1.77. The van der Waals surface area contributed by atoms with E-state index in [9.17, 15) is 0 Å². The highest BCUT2D eigenvalue weighted by atomic mass is 32.1. The average Bonchev–Trinajstić information content (AvgIpc) is 3.17. The maximum atomic E-state index is 4.36. The molecule has 0 unspecified atom stereocenters. The van der Waals surface area contributed by atoms with E-state index < -0.39 is 0 Å². The van der Waals surface area contributed by atoms with Gasteiger partial charge in [-0.1, -0.05) is 6.07 Å². The van der Waals surface area contributed by atoms with Crippen molar-refractivity contribution < 1.29 is 0 Å². The molecule has 8 heteroatoms. The first-order valence-electron chi connectivity index (χ1n) is 6.05. The van der Waals surface area contributed by atoms with Crippen LogP contribution in [0.4, 0.5) is 11.9 Å². The summed E-state index contributed by atoms with van der Waals surface area (Å²) in [5.41, 5.74) is 0. The lowest BCUT2D eigenvalue weighted by atomic mass is 10.5. The van der Waals surface area contributed by atoms with Crippen LogP contribution in [-0.4, -0.2) is 31.8 Å². The van der Waals surface area contributed by atoms with Gasteiger partial charge in [0.1, 0.15) is 0 Å². The summed E-state index contributed by atoms with van der Waals surface area (Å²) in [6.45, 7) is 0.684. The van der Waals surface area contributed by atoms with Gasteiger partial charge in [0.2, 0.25) is 11.9 Å². The van der Waals surface area contributed by atoms with Gasteiger partial charge in [0, 0.05) is 24.3 Å². The summed E-state index contributed by atoms with van der Waals surface area (Å²) in [4.78, 5) is 14.1. The normalized spacial score (nSPS) is 10.4. The molecule has 0 amide bonds. The Bertz CT molecular complexity index is 663. The van der Waals surface area contributed by atoms with Gasteiger partial charge >= 0.3 is 0 Å². The molecule has 3 aromatic rings. The third-order valence-electron chi connectivity index (χ3n) is 2.56. The van der Waals surface area contributed by atoms with Crippen LogP contribution in [0.1, 0.15) is 4.88 Å². The van der Waals surface area contributed by atoms with Crippen molar-refractivity contribution >= 4 is 23.2 Å². The minimum absolute atomic E-state index is 0.475. The van der Waals surface area contributed by atoms with Crippen molar-refractivity contribution in [3.8, 4) is 5.95 Å². The molecule has 0 saturated heterocycles. The van der Waals surface area contributed by atoms with E-state index in [-0.39, 0.29) is 0 Å². The molecule has 0 aliphatic rings. The van der Waals surface area contributed by atoms with Crippen molar-refractivity contribution in [3.05, 3.63) is 40.8 Å². The highest BCUT2D eigenvalue weighted by Gasteiger charge is 2.07. The Morgan fingerprint density at radius 1 is 1.20 bits per heavy atom. The molecule has 0 aromatic carbocycles. The topological polar surface area (TPSA) is 80.5 Å². The first-order chi connectivity index (χ1) is 9.85. The lowest BCUT2D eigenvalue weighted by Gasteiger charge is -2.07. The van der Waals surface area contributed by atoms with Crippen molar-refractivity contribution in [2.45, 2.75) is 6.54 Å². The molecule has 0 radical (unpaired) electrons. The van der Waals surface area contributed by atoms with Crippen LogP contribution in [0.5, 0.6) is 0 Å². The van der Waals surface area contributed by atoms with E-state index in [0.717, 1.165) is 0 Å². The molecule has 2 N–H and O–H groups in total. The summed E-state index contributed by atoms with van der Waals surface area (Å²) in [6.07, 6.45) is 3.47. The Labute approximate surface area is 119 Å². The Morgan fingerprint density at radius 2 is 2.10 bits per heavy atom. The fourth-order valence-corrected chi connectivity index (χ4v) is 2.27. The van der Waals surface area contributed by atoms with Crippen molar-refractivity contribution in [2.75, 3.05) is 17.7 Å². The maximum absolute atomic E-state index is 4.36. The van der Waals surface area contributed by atoms with Gasteiger partial charge in [-0.15, -0.1) is 11.3 Å². The van der Waals surface area contributed by atoms with Crippen LogP contribution in [0.2, 0.25) is 0 Å². The molecule has 0 spiro atoms. The van der Waals surface area contributed by atoms with Crippen LogP contribution in [0.3, 0.4) is 0 Å². The maximum Gasteiger partial charge on any atom is 0.257 e. The van der Waals surface area contributed by atoms with Crippen molar-refractivity contribution in [3.63, 3.8) is 0 Å².